The van der Waals surface area contributed by atoms with Crippen LogP contribution in [0.4, 0.5) is 0 Å². The van der Waals surface area contributed by atoms with E-state index in [0.29, 0.717) is 22.3 Å². The molecular weight excluding hydrogens is 432 g/mol. The molecule has 0 saturated heterocycles. The van der Waals surface area contributed by atoms with Crippen LogP contribution in [-0.4, -0.2) is 11.6 Å². The Morgan fingerprint density at radius 1 is 0.531 bits per heavy atom. The number of allylic oxidation sites excluding steroid dienone is 2. The van der Waals surface area contributed by atoms with Crippen LogP contribution in [0.15, 0.2) is 72.8 Å². The molecule has 154 valence electrons. The van der Waals surface area contributed by atoms with Crippen LogP contribution in [0.25, 0.3) is 31.3 Å². The van der Waals surface area contributed by atoms with Gasteiger partial charge in [-0.2, -0.15) is 0 Å². The first-order valence-corrected chi connectivity index (χ1v) is 12.1. The Hall–Kier alpha value is -3.34. The van der Waals surface area contributed by atoms with Crippen molar-refractivity contribution in [1.29, 1.82) is 0 Å². The van der Waals surface area contributed by atoms with Crippen LogP contribution in [0.5, 0.6) is 0 Å². The van der Waals surface area contributed by atoms with Gasteiger partial charge in [0.1, 0.15) is 0 Å². The second-order valence-corrected chi connectivity index (χ2v) is 10.5. The normalized spacial score (nSPS) is 13.9. The van der Waals surface area contributed by atoms with E-state index in [0.717, 1.165) is 41.1 Å². The monoisotopic (exact) mass is 450 g/mol. The van der Waals surface area contributed by atoms with E-state index in [1.54, 1.807) is 34.8 Å². The van der Waals surface area contributed by atoms with E-state index in [-0.39, 0.29) is 11.6 Å². The lowest BCUT2D eigenvalue weighted by molar-refractivity contribution is 0.101. The van der Waals surface area contributed by atoms with Crippen molar-refractivity contribution >= 4 is 65.6 Å². The second kappa shape index (κ2) is 7.09. The van der Waals surface area contributed by atoms with Crippen LogP contribution >= 0.6 is 22.7 Å². The molecule has 3 aromatic carbocycles. The van der Waals surface area contributed by atoms with E-state index >= 15 is 0 Å². The zero-order valence-electron chi connectivity index (χ0n) is 17.6. The number of hydrogen-bond donors (Lipinski definition) is 0. The maximum Gasteiger partial charge on any atom is 0.195 e. The van der Waals surface area contributed by atoms with Crippen molar-refractivity contribution in [3.05, 3.63) is 105 Å². The van der Waals surface area contributed by atoms with Crippen LogP contribution in [-0.2, 0) is 0 Å². The highest BCUT2D eigenvalue weighted by atomic mass is 32.1. The predicted molar refractivity (Wildman–Crippen MR) is 135 cm³/mol. The zero-order valence-corrected chi connectivity index (χ0v) is 19.2. The van der Waals surface area contributed by atoms with Gasteiger partial charge in [-0.25, -0.2) is 0 Å². The lowest BCUT2D eigenvalue weighted by Gasteiger charge is -2.22. The number of fused-ring (bicyclic) bond motifs is 3. The van der Waals surface area contributed by atoms with E-state index in [1.165, 1.54) is 0 Å². The summed E-state index contributed by atoms with van der Waals surface area (Å²) in [5, 5.41) is 2.06. The minimum absolute atomic E-state index is 0.0727. The highest BCUT2D eigenvalue weighted by Gasteiger charge is 2.36. The molecule has 0 atom stereocenters. The number of thiophene rings is 2. The first-order valence-electron chi connectivity index (χ1n) is 10.5. The molecule has 6 rings (SSSR count). The molecule has 0 bridgehead atoms. The van der Waals surface area contributed by atoms with Gasteiger partial charge in [0.25, 0.3) is 0 Å². The van der Waals surface area contributed by atoms with Gasteiger partial charge in [0, 0.05) is 63.3 Å². The first-order chi connectivity index (χ1) is 15.6. The standard InChI is InChI=1S/C28H18O2S2/c1-15-23(19-11-5-7-13-21(19)31-15)25-26(24-16(2)32-22-14-8-6-12-20(22)24)28(30)18-10-4-3-9-17(18)27(25)29/h3-14H,1-2H3. The molecule has 5 aromatic rings. The summed E-state index contributed by atoms with van der Waals surface area (Å²) in [7, 11) is 0. The summed E-state index contributed by atoms with van der Waals surface area (Å²) in [6.45, 7) is 4.09. The molecule has 4 heteroatoms. The fourth-order valence-corrected chi connectivity index (χ4v) is 6.95. The fourth-order valence-electron chi connectivity index (χ4n) is 4.81. The minimum Gasteiger partial charge on any atom is -0.289 e. The Bertz CT molecular complexity index is 1510. The van der Waals surface area contributed by atoms with Gasteiger partial charge in [0.05, 0.1) is 0 Å². The Morgan fingerprint density at radius 2 is 0.906 bits per heavy atom. The van der Waals surface area contributed by atoms with Crippen molar-refractivity contribution in [3.63, 3.8) is 0 Å². The van der Waals surface area contributed by atoms with Gasteiger partial charge in [-0.1, -0.05) is 60.7 Å². The summed E-state index contributed by atoms with van der Waals surface area (Å²) in [6.07, 6.45) is 0. The molecule has 0 unspecified atom stereocenters. The van der Waals surface area contributed by atoms with Crippen molar-refractivity contribution < 1.29 is 9.59 Å². The number of aryl methyl sites for hydroxylation is 2. The van der Waals surface area contributed by atoms with Gasteiger partial charge in [-0.3, -0.25) is 9.59 Å². The molecule has 2 nitrogen and oxygen atoms in total. The Kier molecular flexibility index (Phi) is 4.29. The van der Waals surface area contributed by atoms with Crippen LogP contribution in [0.1, 0.15) is 41.6 Å². The van der Waals surface area contributed by atoms with E-state index in [9.17, 15) is 9.59 Å². The Morgan fingerprint density at radius 3 is 1.34 bits per heavy atom. The Labute approximate surface area is 193 Å². The van der Waals surface area contributed by atoms with Crippen molar-refractivity contribution in [2.75, 3.05) is 0 Å². The molecular formula is C28H18O2S2. The quantitative estimate of drug-likeness (QED) is 0.276. The highest BCUT2D eigenvalue weighted by molar-refractivity contribution is 7.20. The first kappa shape index (κ1) is 19.4. The van der Waals surface area contributed by atoms with Gasteiger partial charge >= 0.3 is 0 Å². The maximum absolute atomic E-state index is 14.0. The highest BCUT2D eigenvalue weighted by Crippen LogP contribution is 2.47. The van der Waals surface area contributed by atoms with E-state index < -0.39 is 0 Å². The van der Waals surface area contributed by atoms with Crippen molar-refractivity contribution in [2.24, 2.45) is 0 Å². The lowest BCUT2D eigenvalue weighted by atomic mass is 9.77. The second-order valence-electron chi connectivity index (χ2n) is 8.01. The molecule has 0 fully saturated rings. The summed E-state index contributed by atoms with van der Waals surface area (Å²) in [6, 6.07) is 23.5. The van der Waals surface area contributed by atoms with Gasteiger partial charge in [0.15, 0.2) is 11.6 Å². The molecule has 2 aromatic heterocycles. The third kappa shape index (κ3) is 2.63. The third-order valence-electron chi connectivity index (χ3n) is 6.16. The van der Waals surface area contributed by atoms with Crippen molar-refractivity contribution in [2.45, 2.75) is 13.8 Å². The fraction of sp³-hybridized carbons (Fsp3) is 0.0714. The van der Waals surface area contributed by atoms with E-state index in [1.807, 2.05) is 50.2 Å². The Balaban J connectivity index is 1.80. The van der Waals surface area contributed by atoms with Crippen LogP contribution in [0.2, 0.25) is 0 Å². The summed E-state index contributed by atoms with van der Waals surface area (Å²) in [4.78, 5) is 30.1. The molecule has 0 spiro atoms. The number of ketones is 2. The zero-order chi connectivity index (χ0) is 22.0. The molecule has 1 aliphatic carbocycles. The number of carbonyl (C=O) groups excluding carboxylic acids is 2. The third-order valence-corrected chi connectivity index (χ3v) is 8.34. The SMILES string of the molecule is Cc1sc2ccccc2c1C1=C(c2c(C)sc3ccccc23)C(=O)c2ccccc2C1=O. The molecule has 0 N–H and O–H groups in total. The number of benzene rings is 3. The topological polar surface area (TPSA) is 34.1 Å². The van der Waals surface area contributed by atoms with Crippen molar-refractivity contribution in [1.82, 2.24) is 0 Å². The van der Waals surface area contributed by atoms with E-state index in [2.05, 4.69) is 24.3 Å². The van der Waals surface area contributed by atoms with Crippen LogP contribution < -0.4 is 0 Å². The molecule has 0 amide bonds. The summed E-state index contributed by atoms with van der Waals surface area (Å²) in [5.74, 6) is -0.145. The lowest BCUT2D eigenvalue weighted by Crippen LogP contribution is -2.21. The molecule has 0 radical (unpaired) electrons. The molecule has 2 heterocycles. The molecule has 1 aliphatic rings. The average molecular weight is 451 g/mol. The smallest absolute Gasteiger partial charge is 0.195 e. The summed E-state index contributed by atoms with van der Waals surface area (Å²) >= 11 is 3.34. The molecule has 0 aliphatic heterocycles. The number of hydrogen-bond acceptors (Lipinski definition) is 4. The largest absolute Gasteiger partial charge is 0.289 e. The minimum atomic E-state index is -0.0727. The maximum atomic E-state index is 14.0. The molecule has 32 heavy (non-hydrogen) atoms. The predicted octanol–water partition coefficient (Wildman–Crippen LogP) is 7.72. The van der Waals surface area contributed by atoms with Gasteiger partial charge in [0.2, 0.25) is 0 Å². The molecule has 0 saturated carbocycles. The number of carbonyl (C=O) groups is 2. The van der Waals surface area contributed by atoms with Crippen LogP contribution in [0, 0.1) is 13.8 Å². The number of Topliss-reactive ketones (excluding diaryl/α,β-unsaturated/α-hetero) is 2. The van der Waals surface area contributed by atoms with Crippen LogP contribution in [0.3, 0.4) is 0 Å². The van der Waals surface area contributed by atoms with E-state index in [4.69, 9.17) is 0 Å². The van der Waals surface area contributed by atoms with Gasteiger partial charge in [-0.15, -0.1) is 22.7 Å². The van der Waals surface area contributed by atoms with Gasteiger partial charge < -0.3 is 0 Å². The van der Waals surface area contributed by atoms with Crippen molar-refractivity contribution in [3.8, 4) is 0 Å². The summed E-state index contributed by atoms with van der Waals surface area (Å²) < 4.78 is 2.25. The number of rotatable bonds is 2. The average Bonchev–Trinajstić information content (AvgIpc) is 3.31. The van der Waals surface area contributed by atoms with Gasteiger partial charge in [-0.05, 0) is 26.0 Å². The summed E-state index contributed by atoms with van der Waals surface area (Å²) in [5.41, 5.74) is 3.84.